The first kappa shape index (κ1) is 17.8. The Morgan fingerprint density at radius 2 is 2.24 bits per heavy atom. The molecule has 0 saturated carbocycles. The number of fused-ring (bicyclic) bond motifs is 1. The number of benzene rings is 1. The molecule has 0 spiro atoms. The number of hydrogen-bond acceptors (Lipinski definition) is 4. The molecular weight excluding hydrogens is 363 g/mol. The Kier molecular flexibility index (Phi) is 5.06. The van der Waals surface area contributed by atoms with Gasteiger partial charge in [0.25, 0.3) is 0 Å². The Balaban J connectivity index is 1.72. The van der Waals surface area contributed by atoms with Crippen molar-refractivity contribution in [1.29, 1.82) is 0 Å². The number of nitrogens with zero attached hydrogens (tertiary/aromatic N) is 3. The van der Waals surface area contributed by atoms with Gasteiger partial charge in [-0.3, -0.25) is 4.79 Å². The van der Waals surface area contributed by atoms with Crippen molar-refractivity contribution in [1.82, 2.24) is 19.9 Å². The Labute approximate surface area is 153 Å². The van der Waals surface area contributed by atoms with E-state index >= 15 is 0 Å². The van der Waals surface area contributed by atoms with E-state index in [9.17, 15) is 9.18 Å². The second-order valence-corrected chi connectivity index (χ2v) is 7.49. The van der Waals surface area contributed by atoms with Crippen molar-refractivity contribution < 1.29 is 9.18 Å². The lowest BCUT2D eigenvalue weighted by molar-refractivity contribution is -0.128. The number of nitrogens with one attached hydrogen (secondary N) is 1. The number of halogens is 2. The van der Waals surface area contributed by atoms with Crippen LogP contribution in [0.2, 0.25) is 0 Å². The van der Waals surface area contributed by atoms with Crippen LogP contribution in [0.1, 0.15) is 19.5 Å². The molecule has 0 bridgehead atoms. The molecule has 1 N–H and O–H groups in total. The zero-order chi connectivity index (χ0) is 18.0. The van der Waals surface area contributed by atoms with Crippen LogP contribution in [0.3, 0.4) is 0 Å². The minimum Gasteiger partial charge on any atom is -0.355 e. The molecule has 5 nitrogen and oxygen atoms in total. The number of alkyl halides is 1. The van der Waals surface area contributed by atoms with Crippen LogP contribution in [0.25, 0.3) is 16.3 Å². The van der Waals surface area contributed by atoms with Gasteiger partial charge in [0, 0.05) is 29.8 Å². The lowest BCUT2D eigenvalue weighted by Gasteiger charge is -2.20. The molecule has 8 heteroatoms. The fourth-order valence-corrected chi connectivity index (χ4v) is 3.23. The summed E-state index contributed by atoms with van der Waals surface area (Å²) in [6.45, 7) is 4.10. The highest BCUT2D eigenvalue weighted by Crippen LogP contribution is 2.22. The van der Waals surface area contributed by atoms with Crippen molar-refractivity contribution in [3.05, 3.63) is 41.2 Å². The Morgan fingerprint density at radius 3 is 2.96 bits per heavy atom. The van der Waals surface area contributed by atoms with E-state index in [4.69, 9.17) is 11.6 Å². The molecule has 3 aromatic rings. The van der Waals surface area contributed by atoms with Gasteiger partial charge in [0.05, 0.1) is 11.1 Å². The molecule has 1 amide bonds. The van der Waals surface area contributed by atoms with Crippen LogP contribution in [0.5, 0.6) is 0 Å². The molecule has 3 rings (SSSR count). The predicted molar refractivity (Wildman–Crippen MR) is 97.5 cm³/mol. The summed E-state index contributed by atoms with van der Waals surface area (Å²) in [6.07, 6.45) is 0.621. The molecule has 132 valence electrons. The van der Waals surface area contributed by atoms with Gasteiger partial charge < -0.3 is 5.32 Å². The fraction of sp³-hybridized carbons (Fsp3) is 0.353. The number of aromatic nitrogens is 3. The first-order valence-corrected chi connectivity index (χ1v) is 9.25. The van der Waals surface area contributed by atoms with Gasteiger partial charge in [-0.15, -0.1) is 28.0 Å². The van der Waals surface area contributed by atoms with E-state index < -0.39 is 5.41 Å². The summed E-state index contributed by atoms with van der Waals surface area (Å²) >= 11 is 7.27. The summed E-state index contributed by atoms with van der Waals surface area (Å²) in [5, 5.41) is 9.32. The third-order valence-electron chi connectivity index (χ3n) is 3.85. The van der Waals surface area contributed by atoms with Gasteiger partial charge in [-0.25, -0.2) is 8.91 Å². The SMILES string of the molecule is CC(C)(CCl)C(=O)NCCc1csc2nc(-c3cccc(F)c3)nn12. The first-order chi connectivity index (χ1) is 11.9. The second kappa shape index (κ2) is 7.09. The van der Waals surface area contributed by atoms with Crippen LogP contribution < -0.4 is 5.32 Å². The van der Waals surface area contributed by atoms with Gasteiger partial charge in [0.15, 0.2) is 5.82 Å². The zero-order valence-corrected chi connectivity index (χ0v) is 15.5. The van der Waals surface area contributed by atoms with Gasteiger partial charge in [-0.2, -0.15) is 4.98 Å². The second-order valence-electron chi connectivity index (χ2n) is 6.39. The van der Waals surface area contributed by atoms with Crippen LogP contribution in [0, 0.1) is 11.2 Å². The van der Waals surface area contributed by atoms with E-state index in [1.165, 1.54) is 23.5 Å². The van der Waals surface area contributed by atoms with Gasteiger partial charge in [-0.1, -0.05) is 12.1 Å². The lowest BCUT2D eigenvalue weighted by atomic mass is 9.95. The van der Waals surface area contributed by atoms with Crippen LogP contribution >= 0.6 is 22.9 Å². The van der Waals surface area contributed by atoms with Crippen molar-refractivity contribution in [2.24, 2.45) is 5.41 Å². The minimum atomic E-state index is -0.594. The summed E-state index contributed by atoms with van der Waals surface area (Å²) in [7, 11) is 0. The molecule has 0 aliphatic heterocycles. The van der Waals surface area contributed by atoms with Crippen LogP contribution in [0.15, 0.2) is 29.6 Å². The molecule has 0 aliphatic rings. The molecule has 25 heavy (non-hydrogen) atoms. The normalized spacial score (nSPS) is 11.8. The Morgan fingerprint density at radius 1 is 1.44 bits per heavy atom. The Hall–Kier alpha value is -1.99. The number of carbonyl (C=O) groups excluding carboxylic acids is 1. The van der Waals surface area contributed by atoms with Crippen molar-refractivity contribution in [2.75, 3.05) is 12.4 Å². The molecule has 0 fully saturated rings. The molecule has 2 heterocycles. The topological polar surface area (TPSA) is 59.3 Å². The Bertz CT molecular complexity index is 905. The average molecular weight is 381 g/mol. The molecule has 0 atom stereocenters. The van der Waals surface area contributed by atoms with Gasteiger partial charge in [0.1, 0.15) is 5.82 Å². The monoisotopic (exact) mass is 380 g/mol. The molecule has 2 aromatic heterocycles. The minimum absolute atomic E-state index is 0.0759. The van der Waals surface area contributed by atoms with Crippen LogP contribution in [0.4, 0.5) is 4.39 Å². The van der Waals surface area contributed by atoms with Crippen molar-refractivity contribution in [2.45, 2.75) is 20.3 Å². The first-order valence-electron chi connectivity index (χ1n) is 7.84. The standard InChI is InChI=1S/C17H18ClFN4OS/c1-17(2,10-18)15(24)20-7-6-13-9-25-16-21-14(22-23(13)16)11-4-3-5-12(19)8-11/h3-5,8-9H,6-7,10H2,1-2H3,(H,20,24). The zero-order valence-electron chi connectivity index (χ0n) is 13.9. The van der Waals surface area contributed by atoms with Gasteiger partial charge >= 0.3 is 0 Å². The molecule has 1 aromatic carbocycles. The largest absolute Gasteiger partial charge is 0.355 e. The number of rotatable bonds is 6. The fourth-order valence-electron chi connectivity index (χ4n) is 2.25. The summed E-state index contributed by atoms with van der Waals surface area (Å²) in [5.74, 6) is 0.357. The summed E-state index contributed by atoms with van der Waals surface area (Å²) in [6, 6.07) is 6.21. The molecular formula is C17H18ClFN4OS. The molecule has 0 aliphatic carbocycles. The lowest BCUT2D eigenvalue weighted by Crippen LogP contribution is -2.39. The van der Waals surface area contributed by atoms with Gasteiger partial charge in [0.2, 0.25) is 10.9 Å². The molecule has 0 saturated heterocycles. The highest BCUT2D eigenvalue weighted by atomic mass is 35.5. The molecule has 0 unspecified atom stereocenters. The van der Waals surface area contributed by atoms with Crippen molar-refractivity contribution in [3.63, 3.8) is 0 Å². The predicted octanol–water partition coefficient (Wildman–Crippen LogP) is 3.52. The number of amides is 1. The van der Waals surface area contributed by atoms with Crippen molar-refractivity contribution in [3.8, 4) is 11.4 Å². The van der Waals surface area contributed by atoms with E-state index in [-0.39, 0.29) is 17.6 Å². The number of hydrogen-bond donors (Lipinski definition) is 1. The average Bonchev–Trinajstić information content (AvgIpc) is 3.16. The maximum atomic E-state index is 13.4. The highest BCUT2D eigenvalue weighted by molar-refractivity contribution is 7.15. The van der Waals surface area contributed by atoms with E-state index in [1.807, 2.05) is 5.38 Å². The summed E-state index contributed by atoms with van der Waals surface area (Å²) in [5.41, 5.74) is 0.988. The van der Waals surface area contributed by atoms with Crippen LogP contribution in [-0.2, 0) is 11.2 Å². The van der Waals surface area contributed by atoms with E-state index in [0.29, 0.717) is 24.4 Å². The van der Waals surface area contributed by atoms with E-state index in [1.54, 1.807) is 30.5 Å². The maximum absolute atomic E-state index is 13.4. The van der Waals surface area contributed by atoms with Crippen molar-refractivity contribution >= 4 is 33.8 Å². The smallest absolute Gasteiger partial charge is 0.226 e. The van der Waals surface area contributed by atoms with Gasteiger partial charge in [-0.05, 0) is 26.0 Å². The van der Waals surface area contributed by atoms with E-state index in [0.717, 1.165) is 10.7 Å². The highest BCUT2D eigenvalue weighted by Gasteiger charge is 2.26. The third kappa shape index (κ3) is 3.82. The third-order valence-corrected chi connectivity index (χ3v) is 5.38. The van der Waals surface area contributed by atoms with Crippen LogP contribution in [-0.4, -0.2) is 32.9 Å². The quantitative estimate of drug-likeness (QED) is 0.665. The van der Waals surface area contributed by atoms with E-state index in [2.05, 4.69) is 15.4 Å². The maximum Gasteiger partial charge on any atom is 0.226 e. The summed E-state index contributed by atoms with van der Waals surface area (Å²) in [4.78, 5) is 17.2. The summed E-state index contributed by atoms with van der Waals surface area (Å²) < 4.78 is 15.1. The number of thiazole rings is 1. The number of carbonyl (C=O) groups is 1. The molecule has 0 radical (unpaired) electrons.